The van der Waals surface area contributed by atoms with E-state index in [2.05, 4.69) is 136 Å². The van der Waals surface area contributed by atoms with Crippen molar-refractivity contribution in [3.63, 3.8) is 0 Å². The predicted octanol–water partition coefficient (Wildman–Crippen LogP) is 9.83. The van der Waals surface area contributed by atoms with Crippen LogP contribution in [0, 0.1) is 0 Å². The smallest absolute Gasteiger partial charge is 0.0903 e. The molecule has 0 aromatic heterocycles. The van der Waals surface area contributed by atoms with Gasteiger partial charge in [0.25, 0.3) is 0 Å². The molecule has 0 spiro atoms. The van der Waals surface area contributed by atoms with Gasteiger partial charge < -0.3 is 10.6 Å². The van der Waals surface area contributed by atoms with Crippen LogP contribution < -0.4 is 10.6 Å². The molecule has 0 unspecified atom stereocenters. The van der Waals surface area contributed by atoms with Gasteiger partial charge in [-0.25, -0.2) is 4.99 Å². The summed E-state index contributed by atoms with van der Waals surface area (Å²) in [6.07, 6.45) is 0.735. The molecular formula is C37H37N3. The molecule has 0 fully saturated rings. The Hall–Kier alpha value is -4.63. The largest absolute Gasteiger partial charge is 0.360 e. The first-order chi connectivity index (χ1) is 19.2. The van der Waals surface area contributed by atoms with Gasteiger partial charge in [-0.2, -0.15) is 0 Å². The molecule has 0 aliphatic carbocycles. The van der Waals surface area contributed by atoms with Crippen molar-refractivity contribution in [1.29, 1.82) is 0 Å². The summed E-state index contributed by atoms with van der Waals surface area (Å²) in [5, 5.41) is 6.90. The number of nitrogens with zero attached hydrogens (tertiary/aromatic N) is 1. The molecule has 4 aromatic rings. The summed E-state index contributed by atoms with van der Waals surface area (Å²) >= 11 is 0. The van der Waals surface area contributed by atoms with Crippen LogP contribution in [-0.4, -0.2) is 5.71 Å². The van der Waals surface area contributed by atoms with E-state index < -0.39 is 0 Å². The Morgan fingerprint density at radius 3 is 1.98 bits per heavy atom. The molecule has 5 rings (SSSR count). The molecule has 0 saturated carbocycles. The molecule has 2 N–H and O–H groups in total. The fraction of sp³-hybridized carbons (Fsp3) is 0.162. The van der Waals surface area contributed by atoms with Crippen LogP contribution in [-0.2, 0) is 5.41 Å². The first-order valence-corrected chi connectivity index (χ1v) is 13.7. The maximum absolute atomic E-state index is 5.18. The summed E-state index contributed by atoms with van der Waals surface area (Å²) in [6.45, 7) is 17.1. The van der Waals surface area contributed by atoms with E-state index >= 15 is 0 Å². The third kappa shape index (κ3) is 6.00. The van der Waals surface area contributed by atoms with Crippen molar-refractivity contribution in [2.24, 2.45) is 4.99 Å². The monoisotopic (exact) mass is 523 g/mol. The number of para-hydroxylation sites is 1. The molecule has 40 heavy (non-hydrogen) atoms. The predicted molar refractivity (Wildman–Crippen MR) is 173 cm³/mol. The van der Waals surface area contributed by atoms with Crippen molar-refractivity contribution in [2.45, 2.75) is 39.5 Å². The third-order valence-corrected chi connectivity index (χ3v) is 7.14. The number of anilines is 2. The molecule has 0 bridgehead atoms. The average molecular weight is 524 g/mol. The summed E-state index contributed by atoms with van der Waals surface area (Å²) in [5.41, 5.74) is 12.8. The van der Waals surface area contributed by atoms with Gasteiger partial charge in [0.2, 0.25) is 0 Å². The summed E-state index contributed by atoms with van der Waals surface area (Å²) in [6, 6.07) is 36.0. The number of hydrogen-bond donors (Lipinski definition) is 2. The zero-order valence-electron chi connectivity index (χ0n) is 23.9. The molecule has 1 aliphatic heterocycles. The normalized spacial score (nSPS) is 13.2. The Morgan fingerprint density at radius 2 is 1.32 bits per heavy atom. The summed E-state index contributed by atoms with van der Waals surface area (Å²) < 4.78 is 0. The number of nitrogens with one attached hydrogen (secondary N) is 2. The van der Waals surface area contributed by atoms with Crippen molar-refractivity contribution in [1.82, 2.24) is 0 Å². The van der Waals surface area contributed by atoms with Gasteiger partial charge in [0, 0.05) is 29.1 Å². The molecule has 1 aliphatic rings. The van der Waals surface area contributed by atoms with Gasteiger partial charge in [0.1, 0.15) is 0 Å². The topological polar surface area (TPSA) is 36.4 Å². The highest BCUT2D eigenvalue weighted by atomic mass is 15.0. The summed E-state index contributed by atoms with van der Waals surface area (Å²) in [4.78, 5) is 5.18. The van der Waals surface area contributed by atoms with Crippen molar-refractivity contribution in [3.8, 4) is 11.1 Å². The molecule has 0 amide bonds. The van der Waals surface area contributed by atoms with Gasteiger partial charge in [-0.15, -0.1) is 0 Å². The van der Waals surface area contributed by atoms with Crippen molar-refractivity contribution < 1.29 is 0 Å². The molecule has 3 heteroatoms. The van der Waals surface area contributed by atoms with E-state index in [-0.39, 0.29) is 5.41 Å². The van der Waals surface area contributed by atoms with E-state index in [1.807, 2.05) is 19.1 Å². The van der Waals surface area contributed by atoms with Crippen LogP contribution in [0.3, 0.4) is 0 Å². The molecule has 0 saturated heterocycles. The number of benzene rings is 4. The van der Waals surface area contributed by atoms with Crippen LogP contribution in [0.15, 0.2) is 138 Å². The fourth-order valence-electron chi connectivity index (χ4n) is 5.00. The lowest BCUT2D eigenvalue weighted by Crippen LogP contribution is -2.11. The summed E-state index contributed by atoms with van der Waals surface area (Å²) in [7, 11) is 0. The van der Waals surface area contributed by atoms with E-state index in [9.17, 15) is 0 Å². The Labute approximate surface area is 238 Å². The molecular weight excluding hydrogens is 486 g/mol. The standard InChI is InChI=1S/C37H37N3/c1-25(2)38-31-22-18-28(19-23-31)33-24-35(29-16-20-30(21-17-29)37(4,5)6)40-36(33)26(3)39-34-15-11-10-14-32(34)27-12-8-7-9-13-27/h7-23,38-39H,1,3,24H2,2,4-6H3. The van der Waals surface area contributed by atoms with Gasteiger partial charge >= 0.3 is 0 Å². The van der Waals surface area contributed by atoms with Crippen LogP contribution in [0.25, 0.3) is 16.7 Å². The highest BCUT2D eigenvalue weighted by Gasteiger charge is 2.24. The molecule has 1 heterocycles. The van der Waals surface area contributed by atoms with Crippen LogP contribution in [0.4, 0.5) is 11.4 Å². The molecule has 0 radical (unpaired) electrons. The summed E-state index contributed by atoms with van der Waals surface area (Å²) in [5.74, 6) is 0. The number of hydrogen-bond acceptors (Lipinski definition) is 3. The highest BCUT2D eigenvalue weighted by Crippen LogP contribution is 2.37. The van der Waals surface area contributed by atoms with E-state index in [4.69, 9.17) is 4.99 Å². The second-order valence-electron chi connectivity index (χ2n) is 11.4. The number of rotatable bonds is 8. The first kappa shape index (κ1) is 27.0. The van der Waals surface area contributed by atoms with Gasteiger partial charge in [-0.05, 0) is 58.4 Å². The van der Waals surface area contributed by atoms with Crippen LogP contribution in [0.1, 0.15) is 50.8 Å². The number of allylic oxidation sites excluding steroid dienone is 2. The minimum absolute atomic E-state index is 0.106. The van der Waals surface area contributed by atoms with Gasteiger partial charge in [-0.1, -0.05) is 119 Å². The zero-order valence-corrected chi connectivity index (χ0v) is 23.9. The SMILES string of the molecule is C=C(C)Nc1ccc(C2=C(C(=C)Nc3ccccc3-c3ccccc3)N=C(c3ccc(C(C)(C)C)cc3)C2)cc1. The molecule has 4 aromatic carbocycles. The lowest BCUT2D eigenvalue weighted by Gasteiger charge is -2.19. The molecule has 200 valence electrons. The second-order valence-corrected chi connectivity index (χ2v) is 11.4. The fourth-order valence-corrected chi connectivity index (χ4v) is 5.00. The zero-order chi connectivity index (χ0) is 28.3. The molecule has 3 nitrogen and oxygen atoms in total. The highest BCUT2D eigenvalue weighted by molar-refractivity contribution is 6.11. The molecule has 0 atom stereocenters. The van der Waals surface area contributed by atoms with Crippen LogP contribution >= 0.6 is 0 Å². The van der Waals surface area contributed by atoms with Crippen molar-refractivity contribution >= 4 is 22.7 Å². The maximum atomic E-state index is 5.18. The second kappa shape index (κ2) is 11.2. The lowest BCUT2D eigenvalue weighted by molar-refractivity contribution is 0.590. The van der Waals surface area contributed by atoms with Crippen LogP contribution in [0.2, 0.25) is 0 Å². The van der Waals surface area contributed by atoms with E-state index in [0.29, 0.717) is 0 Å². The number of aliphatic imine (C=N–C) groups is 1. The van der Waals surface area contributed by atoms with Gasteiger partial charge in [-0.3, -0.25) is 0 Å². The third-order valence-electron chi connectivity index (χ3n) is 7.14. The van der Waals surface area contributed by atoms with E-state index in [1.165, 1.54) is 5.56 Å². The Balaban J connectivity index is 1.51. The first-order valence-electron chi connectivity index (χ1n) is 13.7. The minimum Gasteiger partial charge on any atom is -0.360 e. The Kier molecular flexibility index (Phi) is 7.57. The maximum Gasteiger partial charge on any atom is 0.0903 e. The Morgan fingerprint density at radius 1 is 0.700 bits per heavy atom. The van der Waals surface area contributed by atoms with Crippen molar-refractivity contribution in [2.75, 3.05) is 10.6 Å². The van der Waals surface area contributed by atoms with Gasteiger partial charge in [0.15, 0.2) is 0 Å². The van der Waals surface area contributed by atoms with Gasteiger partial charge in [0.05, 0.1) is 17.1 Å². The minimum atomic E-state index is 0.106. The quantitative estimate of drug-likeness (QED) is 0.241. The van der Waals surface area contributed by atoms with Crippen molar-refractivity contribution in [3.05, 3.63) is 150 Å². The lowest BCUT2D eigenvalue weighted by atomic mass is 9.86. The van der Waals surface area contributed by atoms with E-state index in [1.54, 1.807) is 0 Å². The Bertz CT molecular complexity index is 1600. The average Bonchev–Trinajstić information content (AvgIpc) is 3.39. The van der Waals surface area contributed by atoms with E-state index in [0.717, 1.165) is 68.4 Å². The van der Waals surface area contributed by atoms with Crippen LogP contribution in [0.5, 0.6) is 0 Å².